The van der Waals surface area contributed by atoms with Gasteiger partial charge in [0, 0.05) is 0 Å². The van der Waals surface area contributed by atoms with Crippen LogP contribution in [0, 0.1) is 6.92 Å². The van der Waals surface area contributed by atoms with Crippen molar-refractivity contribution in [1.29, 1.82) is 0 Å². The third-order valence-electron chi connectivity index (χ3n) is 3.30. The van der Waals surface area contributed by atoms with E-state index in [9.17, 15) is 4.79 Å². The van der Waals surface area contributed by atoms with Crippen LogP contribution in [0.2, 0.25) is 9.36 Å². The Morgan fingerprint density at radius 2 is 2.13 bits per heavy atom. The molecule has 1 aromatic carbocycles. The van der Waals surface area contributed by atoms with Crippen LogP contribution in [-0.4, -0.2) is 19.0 Å². The molecule has 0 aliphatic heterocycles. The molecule has 0 saturated carbocycles. The molecule has 0 aliphatic rings. The smallest absolute Gasteiger partial charge is 0.279 e. The molecule has 122 valence electrons. The third-order valence-corrected chi connectivity index (χ3v) is 4.84. The second kappa shape index (κ2) is 8.50. The van der Waals surface area contributed by atoms with Crippen molar-refractivity contribution in [3.63, 3.8) is 0 Å². The summed E-state index contributed by atoms with van der Waals surface area (Å²) < 4.78 is 0.758. The summed E-state index contributed by atoms with van der Waals surface area (Å²) in [5, 5.41) is 3.42. The van der Waals surface area contributed by atoms with Gasteiger partial charge in [-0.15, -0.1) is 11.3 Å². The average Bonchev–Trinajstić information content (AvgIpc) is 2.87. The largest absolute Gasteiger partial charge is 0.320 e. The van der Waals surface area contributed by atoms with Gasteiger partial charge in [0.25, 0.3) is 5.91 Å². The summed E-state index contributed by atoms with van der Waals surface area (Å²) in [5.41, 5.74) is 1.70. The predicted octanol–water partition coefficient (Wildman–Crippen LogP) is 3.57. The van der Waals surface area contributed by atoms with Crippen LogP contribution < -0.4 is 10.2 Å². The lowest BCUT2D eigenvalue weighted by atomic mass is 10.2. The van der Waals surface area contributed by atoms with Crippen molar-refractivity contribution in [3.8, 4) is 0 Å². The Labute approximate surface area is 150 Å². The molecule has 0 radical (unpaired) electrons. The molecule has 2 aromatic rings. The van der Waals surface area contributed by atoms with E-state index in [2.05, 4.69) is 11.9 Å². The summed E-state index contributed by atoms with van der Waals surface area (Å²) in [7, 11) is 0. The fraction of sp³-hybridized carbons (Fsp3) is 0.235. The number of amides is 1. The maximum Gasteiger partial charge on any atom is 0.279 e. The zero-order valence-corrected chi connectivity index (χ0v) is 15.2. The molecule has 0 bridgehead atoms. The second-order valence-corrected chi connectivity index (χ2v) is 7.54. The van der Waals surface area contributed by atoms with Crippen molar-refractivity contribution in [2.24, 2.45) is 0 Å². The molecule has 0 saturated heterocycles. The first-order valence-electron chi connectivity index (χ1n) is 7.22. The summed E-state index contributed by atoms with van der Waals surface area (Å²) in [6.07, 6.45) is 1.82. The first-order chi connectivity index (χ1) is 11.0. The van der Waals surface area contributed by atoms with E-state index in [1.54, 1.807) is 0 Å². The van der Waals surface area contributed by atoms with E-state index < -0.39 is 0 Å². The van der Waals surface area contributed by atoms with Crippen molar-refractivity contribution >= 4 is 46.1 Å². The van der Waals surface area contributed by atoms with Gasteiger partial charge < -0.3 is 10.2 Å². The minimum atomic E-state index is -0.0738. The Kier molecular flexibility index (Phi) is 6.66. The Morgan fingerprint density at radius 1 is 1.35 bits per heavy atom. The van der Waals surface area contributed by atoms with Gasteiger partial charge in [-0.3, -0.25) is 4.79 Å². The highest BCUT2D eigenvalue weighted by Gasteiger charge is 2.16. The van der Waals surface area contributed by atoms with Gasteiger partial charge in [-0.1, -0.05) is 35.8 Å². The molecule has 1 aromatic heterocycles. The van der Waals surface area contributed by atoms with E-state index in [1.165, 1.54) is 11.3 Å². The summed E-state index contributed by atoms with van der Waals surface area (Å²) in [6.45, 7) is 7.50. The standard InChI is InChI=1S/C17H18Cl2N2OS/c1-3-8-21(10-13-5-7-16(19)23-13)11-17(22)20-15-6-4-12(2)9-14(15)18/h3-7,9H,1,8,10-11H2,2H3,(H,20,22)/p+1. The molecule has 2 rings (SSSR count). The zero-order valence-electron chi connectivity index (χ0n) is 12.9. The number of nitrogens with one attached hydrogen (secondary N) is 2. The van der Waals surface area contributed by atoms with Crippen LogP contribution >= 0.6 is 34.5 Å². The van der Waals surface area contributed by atoms with Crippen molar-refractivity contribution < 1.29 is 9.69 Å². The third kappa shape index (κ3) is 5.66. The number of rotatable bonds is 7. The highest BCUT2D eigenvalue weighted by molar-refractivity contribution is 7.16. The minimum absolute atomic E-state index is 0.0738. The zero-order chi connectivity index (χ0) is 16.8. The molecule has 0 aliphatic carbocycles. The van der Waals surface area contributed by atoms with Gasteiger partial charge in [0.05, 0.1) is 26.5 Å². The number of quaternary nitrogens is 1. The molecule has 2 N–H and O–H groups in total. The van der Waals surface area contributed by atoms with E-state index in [0.717, 1.165) is 26.2 Å². The summed E-state index contributed by atoms with van der Waals surface area (Å²) in [6, 6.07) is 9.44. The lowest BCUT2D eigenvalue weighted by Crippen LogP contribution is -3.11. The lowest BCUT2D eigenvalue weighted by molar-refractivity contribution is -0.899. The van der Waals surface area contributed by atoms with Crippen LogP contribution in [0.25, 0.3) is 0 Å². The van der Waals surface area contributed by atoms with Crippen molar-refractivity contribution in [3.05, 3.63) is 62.8 Å². The topological polar surface area (TPSA) is 33.5 Å². The first-order valence-corrected chi connectivity index (χ1v) is 8.80. The number of carbonyl (C=O) groups excluding carboxylic acids is 1. The number of anilines is 1. The van der Waals surface area contributed by atoms with E-state index in [1.807, 2.05) is 43.3 Å². The maximum atomic E-state index is 12.3. The van der Waals surface area contributed by atoms with E-state index in [-0.39, 0.29) is 5.91 Å². The normalized spacial score (nSPS) is 12.0. The Hall–Kier alpha value is -1.33. The number of aryl methyl sites for hydroxylation is 1. The molecule has 1 atom stereocenters. The minimum Gasteiger partial charge on any atom is -0.320 e. The monoisotopic (exact) mass is 369 g/mol. The van der Waals surface area contributed by atoms with Crippen molar-refractivity contribution in [2.45, 2.75) is 13.5 Å². The molecule has 3 nitrogen and oxygen atoms in total. The van der Waals surface area contributed by atoms with Gasteiger partial charge >= 0.3 is 0 Å². The quantitative estimate of drug-likeness (QED) is 0.718. The highest BCUT2D eigenvalue weighted by Crippen LogP contribution is 2.22. The second-order valence-electron chi connectivity index (χ2n) is 5.33. The van der Waals surface area contributed by atoms with E-state index in [4.69, 9.17) is 23.2 Å². The Balaban J connectivity index is 1.98. The number of halogens is 2. The number of hydrogen-bond donors (Lipinski definition) is 2. The lowest BCUT2D eigenvalue weighted by Gasteiger charge is -2.17. The molecule has 1 heterocycles. The van der Waals surface area contributed by atoms with Crippen molar-refractivity contribution in [2.75, 3.05) is 18.4 Å². The van der Waals surface area contributed by atoms with Gasteiger partial charge in [0.1, 0.15) is 6.54 Å². The molecule has 1 amide bonds. The van der Waals surface area contributed by atoms with Crippen LogP contribution in [0.3, 0.4) is 0 Å². The number of benzene rings is 1. The summed E-state index contributed by atoms with van der Waals surface area (Å²) >= 11 is 13.6. The fourth-order valence-corrected chi connectivity index (χ4v) is 3.69. The molecular weight excluding hydrogens is 351 g/mol. The average molecular weight is 370 g/mol. The van der Waals surface area contributed by atoms with Gasteiger partial charge in [0.2, 0.25) is 0 Å². The van der Waals surface area contributed by atoms with Crippen LogP contribution in [0.4, 0.5) is 5.69 Å². The first kappa shape index (κ1) is 18.0. The summed E-state index contributed by atoms with van der Waals surface area (Å²) in [4.78, 5) is 14.5. The summed E-state index contributed by atoms with van der Waals surface area (Å²) in [5.74, 6) is -0.0738. The maximum absolute atomic E-state index is 12.3. The molecule has 0 fully saturated rings. The molecular formula is C17H19Cl2N2OS+. The van der Waals surface area contributed by atoms with Crippen LogP contribution in [0.5, 0.6) is 0 Å². The molecule has 6 heteroatoms. The fourth-order valence-electron chi connectivity index (χ4n) is 2.25. The van der Waals surface area contributed by atoms with Gasteiger partial charge in [0.15, 0.2) is 6.54 Å². The SMILES string of the molecule is C=CC[NH+](CC(=O)Nc1ccc(C)cc1Cl)Cc1ccc(Cl)s1. The van der Waals surface area contributed by atoms with Gasteiger partial charge in [-0.2, -0.15) is 0 Å². The van der Waals surface area contributed by atoms with Crippen LogP contribution in [0.1, 0.15) is 10.4 Å². The Bertz CT molecular complexity index is 700. The van der Waals surface area contributed by atoms with Gasteiger partial charge in [-0.05, 0) is 42.8 Å². The molecule has 0 spiro atoms. The molecule has 23 heavy (non-hydrogen) atoms. The number of thiophene rings is 1. The molecule has 1 unspecified atom stereocenters. The Morgan fingerprint density at radius 3 is 2.74 bits per heavy atom. The van der Waals surface area contributed by atoms with E-state index in [0.29, 0.717) is 23.8 Å². The number of hydrogen-bond acceptors (Lipinski definition) is 2. The van der Waals surface area contributed by atoms with Crippen molar-refractivity contribution in [1.82, 2.24) is 0 Å². The number of carbonyl (C=O) groups is 1. The van der Waals surface area contributed by atoms with Crippen LogP contribution in [0.15, 0.2) is 43.0 Å². The highest BCUT2D eigenvalue weighted by atomic mass is 35.5. The van der Waals surface area contributed by atoms with Gasteiger partial charge in [-0.25, -0.2) is 0 Å². The van der Waals surface area contributed by atoms with Crippen LogP contribution in [-0.2, 0) is 11.3 Å². The van der Waals surface area contributed by atoms with E-state index >= 15 is 0 Å². The predicted molar refractivity (Wildman–Crippen MR) is 98.7 cm³/mol.